The Balaban J connectivity index is 2.54. The van der Waals surface area contributed by atoms with E-state index < -0.39 is 0 Å². The average molecular weight is 195 g/mol. The van der Waals surface area contributed by atoms with E-state index in [4.69, 9.17) is 9.78 Å². The largest absolute Gasteiger partial charge is 0.337 e. The van der Waals surface area contributed by atoms with Crippen LogP contribution in [0.25, 0.3) is 0 Å². The van der Waals surface area contributed by atoms with Gasteiger partial charge in [-0.3, -0.25) is 10.1 Å². The molecule has 1 aliphatic rings. The maximum absolute atomic E-state index is 10.6. The molecule has 1 aromatic rings. The molecular weight excluding hydrogens is 186 g/mol. The highest BCUT2D eigenvalue weighted by molar-refractivity contribution is 5.52. The molecule has 0 radical (unpaired) electrons. The maximum atomic E-state index is 10.6. The zero-order chi connectivity index (χ0) is 10.1. The van der Waals surface area contributed by atoms with Crippen LogP contribution in [0.5, 0.6) is 5.75 Å². The lowest BCUT2D eigenvalue weighted by Crippen LogP contribution is -2.12. The van der Waals surface area contributed by atoms with Gasteiger partial charge in [0.15, 0.2) is 5.75 Å². The highest BCUT2D eigenvalue weighted by atomic mass is 17.2. The summed E-state index contributed by atoms with van der Waals surface area (Å²) in [6, 6.07) is 3.00. The fraction of sp³-hybridized carbons (Fsp3) is 0.333. The minimum absolute atomic E-state index is 0.134. The zero-order valence-electron chi connectivity index (χ0n) is 7.65. The van der Waals surface area contributed by atoms with E-state index in [1.165, 1.54) is 6.07 Å². The number of rotatable bonds is 1. The number of nitro benzene ring substituents is 1. The molecule has 5 heteroatoms. The first-order chi connectivity index (χ1) is 6.70. The predicted molar refractivity (Wildman–Crippen MR) is 48.1 cm³/mol. The monoisotopic (exact) mass is 195 g/mol. The molecule has 0 unspecified atom stereocenters. The van der Waals surface area contributed by atoms with Crippen molar-refractivity contribution in [2.45, 2.75) is 13.3 Å². The van der Waals surface area contributed by atoms with Crippen LogP contribution in [0.2, 0.25) is 0 Å². The fourth-order valence-electron chi connectivity index (χ4n) is 1.56. The topological polar surface area (TPSA) is 61.6 Å². The van der Waals surface area contributed by atoms with E-state index >= 15 is 0 Å². The van der Waals surface area contributed by atoms with Crippen molar-refractivity contribution in [3.8, 4) is 5.75 Å². The Morgan fingerprint density at radius 3 is 3.00 bits per heavy atom. The summed E-state index contributed by atoms with van der Waals surface area (Å²) in [5, 5.41) is 10.6. The third-order valence-electron chi connectivity index (χ3n) is 2.31. The Morgan fingerprint density at radius 1 is 1.50 bits per heavy atom. The van der Waals surface area contributed by atoms with Crippen molar-refractivity contribution in [2.75, 3.05) is 6.61 Å². The van der Waals surface area contributed by atoms with E-state index in [-0.39, 0.29) is 10.6 Å². The Hall–Kier alpha value is -1.62. The Labute approximate surface area is 80.3 Å². The summed E-state index contributed by atoms with van der Waals surface area (Å²) >= 11 is 0. The van der Waals surface area contributed by atoms with Gasteiger partial charge in [-0.1, -0.05) is 0 Å². The highest BCUT2D eigenvalue weighted by Gasteiger charge is 2.21. The average Bonchev–Trinajstić information content (AvgIpc) is 2.18. The van der Waals surface area contributed by atoms with Crippen LogP contribution in [-0.2, 0) is 11.3 Å². The van der Waals surface area contributed by atoms with Gasteiger partial charge >= 0.3 is 0 Å². The summed E-state index contributed by atoms with van der Waals surface area (Å²) in [7, 11) is 0. The van der Waals surface area contributed by atoms with Crippen LogP contribution in [-0.4, -0.2) is 11.5 Å². The fourth-order valence-corrected chi connectivity index (χ4v) is 1.56. The van der Waals surface area contributed by atoms with E-state index in [2.05, 4.69) is 0 Å². The molecule has 5 nitrogen and oxygen atoms in total. The molecule has 0 fully saturated rings. The van der Waals surface area contributed by atoms with Crippen molar-refractivity contribution in [3.05, 3.63) is 33.4 Å². The number of hydrogen-bond acceptors (Lipinski definition) is 4. The third kappa shape index (κ3) is 1.31. The SMILES string of the molecule is Cc1c([N+](=O)[O-])ccc2c1CCOO2. The first kappa shape index (κ1) is 8.96. The molecule has 0 bridgehead atoms. The number of nitro groups is 1. The smallest absolute Gasteiger partial charge is 0.272 e. The molecule has 0 saturated carbocycles. The normalized spacial score (nSPS) is 14.4. The van der Waals surface area contributed by atoms with Crippen molar-refractivity contribution in [1.82, 2.24) is 0 Å². The molecule has 0 atom stereocenters. The van der Waals surface area contributed by atoms with Crippen LogP contribution < -0.4 is 4.89 Å². The van der Waals surface area contributed by atoms with Crippen LogP contribution in [0.15, 0.2) is 12.1 Å². The number of fused-ring (bicyclic) bond motifs is 1. The predicted octanol–water partition coefficient (Wildman–Crippen LogP) is 1.77. The molecular formula is C9H9NO4. The highest BCUT2D eigenvalue weighted by Crippen LogP contribution is 2.32. The van der Waals surface area contributed by atoms with E-state index in [1.54, 1.807) is 13.0 Å². The second-order valence-electron chi connectivity index (χ2n) is 3.10. The molecule has 0 aliphatic carbocycles. The number of nitrogens with zero attached hydrogens (tertiary/aromatic N) is 1. The second-order valence-corrected chi connectivity index (χ2v) is 3.10. The lowest BCUT2D eigenvalue weighted by Gasteiger charge is -2.16. The first-order valence-corrected chi connectivity index (χ1v) is 4.26. The van der Waals surface area contributed by atoms with Crippen molar-refractivity contribution < 1.29 is 14.7 Å². The standard InChI is InChI=1S/C9H9NO4/c1-6-7-4-5-13-14-9(7)3-2-8(6)10(11)12/h2-3H,4-5H2,1H3. The van der Waals surface area contributed by atoms with Gasteiger partial charge < -0.3 is 4.89 Å². The summed E-state index contributed by atoms with van der Waals surface area (Å²) in [5.41, 5.74) is 1.66. The summed E-state index contributed by atoms with van der Waals surface area (Å²) in [5.74, 6) is 0.583. The van der Waals surface area contributed by atoms with Crippen LogP contribution in [0.1, 0.15) is 11.1 Å². The summed E-state index contributed by atoms with van der Waals surface area (Å²) in [6.07, 6.45) is 0.656. The van der Waals surface area contributed by atoms with Crippen molar-refractivity contribution >= 4 is 5.69 Å². The van der Waals surface area contributed by atoms with E-state index in [9.17, 15) is 10.1 Å². The minimum atomic E-state index is -0.384. The number of benzene rings is 1. The second kappa shape index (κ2) is 3.26. The Bertz CT molecular complexity index is 389. The summed E-state index contributed by atoms with van der Waals surface area (Å²) in [4.78, 5) is 20.0. The van der Waals surface area contributed by atoms with Gasteiger partial charge in [0, 0.05) is 23.6 Å². The first-order valence-electron chi connectivity index (χ1n) is 4.26. The van der Waals surface area contributed by atoms with Crippen LogP contribution >= 0.6 is 0 Å². The van der Waals surface area contributed by atoms with Gasteiger partial charge in [0.25, 0.3) is 5.69 Å². The molecule has 0 aromatic heterocycles. The molecule has 1 aliphatic heterocycles. The molecule has 1 heterocycles. The van der Waals surface area contributed by atoms with Gasteiger partial charge in [0.1, 0.15) is 0 Å². The molecule has 0 saturated heterocycles. The number of hydrogen-bond donors (Lipinski definition) is 0. The van der Waals surface area contributed by atoms with E-state index in [1.807, 2.05) is 0 Å². The summed E-state index contributed by atoms with van der Waals surface area (Å²) in [6.45, 7) is 2.17. The van der Waals surface area contributed by atoms with E-state index in [0.717, 1.165) is 5.56 Å². The van der Waals surface area contributed by atoms with Crippen molar-refractivity contribution in [2.24, 2.45) is 0 Å². The maximum Gasteiger partial charge on any atom is 0.272 e. The van der Waals surface area contributed by atoms with Crippen molar-refractivity contribution in [3.63, 3.8) is 0 Å². The van der Waals surface area contributed by atoms with Crippen LogP contribution in [0.3, 0.4) is 0 Å². The molecule has 0 N–H and O–H groups in total. The molecule has 74 valence electrons. The van der Waals surface area contributed by atoms with Gasteiger partial charge in [-0.15, -0.1) is 0 Å². The Kier molecular flexibility index (Phi) is 2.09. The lowest BCUT2D eigenvalue weighted by molar-refractivity contribution is -0.385. The molecule has 2 rings (SSSR count). The third-order valence-corrected chi connectivity index (χ3v) is 2.31. The molecule has 14 heavy (non-hydrogen) atoms. The molecule has 1 aromatic carbocycles. The van der Waals surface area contributed by atoms with Crippen molar-refractivity contribution in [1.29, 1.82) is 0 Å². The van der Waals surface area contributed by atoms with Gasteiger partial charge in [-0.2, -0.15) is 4.89 Å². The minimum Gasteiger partial charge on any atom is -0.337 e. The lowest BCUT2D eigenvalue weighted by atomic mass is 10.0. The Morgan fingerprint density at radius 2 is 2.29 bits per heavy atom. The zero-order valence-corrected chi connectivity index (χ0v) is 7.65. The van der Waals surface area contributed by atoms with Gasteiger partial charge in [-0.25, -0.2) is 0 Å². The van der Waals surface area contributed by atoms with Gasteiger partial charge in [-0.05, 0) is 13.0 Å². The van der Waals surface area contributed by atoms with E-state index in [0.29, 0.717) is 24.3 Å². The van der Waals surface area contributed by atoms with Gasteiger partial charge in [0.2, 0.25) is 0 Å². The van der Waals surface area contributed by atoms with Crippen LogP contribution in [0, 0.1) is 17.0 Å². The molecule has 0 amide bonds. The quantitative estimate of drug-likeness (QED) is 0.389. The molecule has 0 spiro atoms. The van der Waals surface area contributed by atoms with Gasteiger partial charge in [0.05, 0.1) is 11.5 Å². The van der Waals surface area contributed by atoms with Crippen LogP contribution in [0.4, 0.5) is 5.69 Å². The summed E-state index contributed by atoms with van der Waals surface area (Å²) < 4.78 is 0.